The van der Waals surface area contributed by atoms with E-state index in [-0.39, 0.29) is 69.3 Å². The standard InChI is InChI=1S/C19H24F2N4O3.K/c1-12(11-25-8-7-22-13(25)2)10-23-19(28)24-16(18(26)27)9-14-3-5-15(6-4-14)17(20)21;/h3-8,12,16-17H,9-11H2,1-2H3,(H,26,27)(H2,23,24,28);/q;+1/p-1. The van der Waals surface area contributed by atoms with Gasteiger partial charge in [-0.15, -0.1) is 0 Å². The predicted octanol–water partition coefficient (Wildman–Crippen LogP) is -1.57. The first-order chi connectivity index (χ1) is 13.3. The van der Waals surface area contributed by atoms with Crippen LogP contribution in [-0.4, -0.2) is 34.1 Å². The van der Waals surface area contributed by atoms with Crippen LogP contribution in [-0.2, 0) is 17.8 Å². The number of alkyl halides is 2. The molecule has 1 aromatic carbocycles. The molecule has 1 heterocycles. The largest absolute Gasteiger partial charge is 1.00 e. The molecule has 2 atom stereocenters. The molecule has 0 saturated heterocycles. The molecule has 0 aliphatic carbocycles. The molecular weight excluding hydrogens is 409 g/mol. The Bertz CT molecular complexity index is 799. The first-order valence-electron chi connectivity index (χ1n) is 8.86. The Morgan fingerprint density at radius 1 is 1.24 bits per heavy atom. The molecule has 0 saturated carbocycles. The second-order valence-electron chi connectivity index (χ2n) is 6.70. The minimum Gasteiger partial charge on any atom is -0.548 e. The van der Waals surface area contributed by atoms with E-state index in [2.05, 4.69) is 15.6 Å². The smallest absolute Gasteiger partial charge is 0.548 e. The molecule has 0 aliphatic rings. The Labute approximate surface area is 210 Å². The molecule has 1 aromatic heterocycles. The Morgan fingerprint density at radius 3 is 2.41 bits per heavy atom. The Balaban J connectivity index is 0.00000420. The van der Waals surface area contributed by atoms with Gasteiger partial charge in [0.15, 0.2) is 0 Å². The normalized spacial score (nSPS) is 12.7. The summed E-state index contributed by atoms with van der Waals surface area (Å²) in [7, 11) is 0. The van der Waals surface area contributed by atoms with Crippen molar-refractivity contribution < 1.29 is 74.9 Å². The van der Waals surface area contributed by atoms with Crippen LogP contribution in [0.5, 0.6) is 0 Å². The number of rotatable bonds is 9. The fourth-order valence-corrected chi connectivity index (χ4v) is 2.70. The number of halogens is 2. The number of aromatic nitrogens is 2. The number of benzene rings is 1. The number of hydrogen-bond acceptors (Lipinski definition) is 4. The Morgan fingerprint density at radius 2 is 1.90 bits per heavy atom. The molecule has 2 unspecified atom stereocenters. The van der Waals surface area contributed by atoms with Crippen molar-refractivity contribution in [1.82, 2.24) is 20.2 Å². The van der Waals surface area contributed by atoms with Gasteiger partial charge in [0, 0.05) is 31.0 Å². The number of nitrogens with zero attached hydrogens (tertiary/aromatic N) is 2. The zero-order chi connectivity index (χ0) is 20.7. The van der Waals surface area contributed by atoms with Crippen molar-refractivity contribution in [2.45, 2.75) is 39.3 Å². The first kappa shape index (κ1) is 25.7. The van der Waals surface area contributed by atoms with E-state index in [0.717, 1.165) is 5.82 Å². The summed E-state index contributed by atoms with van der Waals surface area (Å²) in [5.74, 6) is -0.483. The van der Waals surface area contributed by atoms with Crippen LogP contribution in [0.15, 0.2) is 36.7 Å². The summed E-state index contributed by atoms with van der Waals surface area (Å²) in [5.41, 5.74) is 0.351. The zero-order valence-corrected chi connectivity index (χ0v) is 19.8. The molecule has 2 rings (SSSR count). The molecule has 0 bridgehead atoms. The van der Waals surface area contributed by atoms with Crippen LogP contribution in [0.25, 0.3) is 0 Å². The Hall–Kier alpha value is -1.33. The number of aliphatic carboxylic acids is 1. The first-order valence-corrected chi connectivity index (χ1v) is 8.86. The summed E-state index contributed by atoms with van der Waals surface area (Å²) in [6, 6.07) is 3.37. The summed E-state index contributed by atoms with van der Waals surface area (Å²) < 4.78 is 27.1. The van der Waals surface area contributed by atoms with Crippen LogP contribution in [0.4, 0.5) is 13.6 Å². The molecular formula is C19H23F2KN4O3. The number of nitrogens with one attached hydrogen (secondary N) is 2. The molecule has 0 spiro atoms. The fraction of sp³-hybridized carbons (Fsp3) is 0.421. The number of urea groups is 1. The second kappa shape index (κ2) is 12.4. The zero-order valence-electron chi connectivity index (χ0n) is 16.7. The van der Waals surface area contributed by atoms with Crippen LogP contribution >= 0.6 is 0 Å². The van der Waals surface area contributed by atoms with Gasteiger partial charge in [-0.25, -0.2) is 18.6 Å². The molecule has 0 fully saturated rings. The molecule has 2 N–H and O–H groups in total. The number of hydrogen-bond donors (Lipinski definition) is 2. The molecule has 0 aliphatic heterocycles. The van der Waals surface area contributed by atoms with Gasteiger partial charge >= 0.3 is 57.4 Å². The molecule has 2 amide bonds. The van der Waals surface area contributed by atoms with E-state index in [9.17, 15) is 23.5 Å². The molecule has 10 heteroatoms. The number of amides is 2. The molecule has 2 aromatic rings. The van der Waals surface area contributed by atoms with Gasteiger partial charge in [-0.05, 0) is 24.8 Å². The minimum absolute atomic E-state index is 0. The van der Waals surface area contributed by atoms with E-state index < -0.39 is 24.5 Å². The minimum atomic E-state index is -2.59. The van der Waals surface area contributed by atoms with E-state index in [1.807, 2.05) is 24.6 Å². The number of aryl methyl sites for hydroxylation is 1. The van der Waals surface area contributed by atoms with Gasteiger partial charge in [-0.1, -0.05) is 31.2 Å². The maximum atomic E-state index is 12.6. The van der Waals surface area contributed by atoms with Crippen molar-refractivity contribution in [3.8, 4) is 0 Å². The third-order valence-corrected chi connectivity index (χ3v) is 4.30. The third-order valence-electron chi connectivity index (χ3n) is 4.30. The quantitative estimate of drug-likeness (QED) is 0.468. The van der Waals surface area contributed by atoms with E-state index in [4.69, 9.17) is 0 Å². The van der Waals surface area contributed by atoms with Gasteiger partial charge in [-0.3, -0.25) is 0 Å². The molecule has 29 heavy (non-hydrogen) atoms. The van der Waals surface area contributed by atoms with E-state index >= 15 is 0 Å². The molecule has 7 nitrogen and oxygen atoms in total. The molecule has 152 valence electrons. The number of carboxylic acid groups (broad SMARTS) is 1. The SMILES string of the molecule is Cc1nccn1CC(C)CNC(=O)NC(Cc1ccc(C(F)F)cc1)C(=O)[O-].[K+]. The average molecular weight is 433 g/mol. The van der Waals surface area contributed by atoms with Crippen molar-refractivity contribution in [3.63, 3.8) is 0 Å². The van der Waals surface area contributed by atoms with Gasteiger partial charge in [-0.2, -0.15) is 0 Å². The average Bonchev–Trinajstić information content (AvgIpc) is 3.04. The summed E-state index contributed by atoms with van der Waals surface area (Å²) in [6.45, 7) is 4.82. The monoisotopic (exact) mass is 432 g/mol. The van der Waals surface area contributed by atoms with Crippen molar-refractivity contribution in [3.05, 3.63) is 53.6 Å². The molecule has 0 radical (unpaired) electrons. The third kappa shape index (κ3) is 8.51. The fourth-order valence-electron chi connectivity index (χ4n) is 2.70. The predicted molar refractivity (Wildman–Crippen MR) is 96.6 cm³/mol. The van der Waals surface area contributed by atoms with Crippen LogP contribution in [0.1, 0.15) is 30.3 Å². The number of carbonyl (C=O) groups is 2. The van der Waals surface area contributed by atoms with Crippen molar-refractivity contribution in [2.75, 3.05) is 6.54 Å². The second-order valence-corrected chi connectivity index (χ2v) is 6.70. The number of carboxylic acids is 1. The number of carbonyl (C=O) groups excluding carboxylic acids is 2. The van der Waals surface area contributed by atoms with Crippen LogP contribution in [0.3, 0.4) is 0 Å². The van der Waals surface area contributed by atoms with E-state index in [1.165, 1.54) is 24.3 Å². The maximum absolute atomic E-state index is 12.6. The maximum Gasteiger partial charge on any atom is 1.00 e. The van der Waals surface area contributed by atoms with Gasteiger partial charge < -0.3 is 25.1 Å². The topological polar surface area (TPSA) is 99.1 Å². The van der Waals surface area contributed by atoms with Gasteiger partial charge in [0.2, 0.25) is 0 Å². The summed E-state index contributed by atoms with van der Waals surface area (Å²) >= 11 is 0. The van der Waals surface area contributed by atoms with Crippen molar-refractivity contribution >= 4 is 12.0 Å². The summed E-state index contributed by atoms with van der Waals surface area (Å²) in [4.78, 5) is 27.5. The van der Waals surface area contributed by atoms with Crippen LogP contribution in [0, 0.1) is 12.8 Å². The van der Waals surface area contributed by atoms with Gasteiger partial charge in [0.1, 0.15) is 5.82 Å². The van der Waals surface area contributed by atoms with Crippen molar-refractivity contribution in [2.24, 2.45) is 5.92 Å². The van der Waals surface area contributed by atoms with E-state index in [1.54, 1.807) is 6.20 Å². The Kier molecular flexibility index (Phi) is 11.0. The van der Waals surface area contributed by atoms with E-state index in [0.29, 0.717) is 18.7 Å². The number of imidazole rings is 1. The van der Waals surface area contributed by atoms with Gasteiger partial charge in [0.25, 0.3) is 6.43 Å². The summed E-state index contributed by atoms with van der Waals surface area (Å²) in [6.07, 6.45) is 0.879. The van der Waals surface area contributed by atoms with Gasteiger partial charge in [0.05, 0.1) is 12.0 Å². The van der Waals surface area contributed by atoms with Crippen molar-refractivity contribution in [1.29, 1.82) is 0 Å². The van der Waals surface area contributed by atoms with Crippen LogP contribution in [0.2, 0.25) is 0 Å². The summed E-state index contributed by atoms with van der Waals surface area (Å²) in [5, 5.41) is 16.3. The van der Waals surface area contributed by atoms with Crippen LogP contribution < -0.4 is 67.1 Å².